The molecule has 0 saturated carbocycles. The smallest absolute Gasteiger partial charge is 0.352 e. The number of carbonyl (C=O) groups excluding carboxylic acids is 2. The number of hydrogen-bond donors (Lipinski definition) is 2. The van der Waals surface area contributed by atoms with Crippen molar-refractivity contribution in [3.8, 4) is 0 Å². The lowest BCUT2D eigenvalue weighted by Crippen LogP contribution is -2.50. The van der Waals surface area contributed by atoms with E-state index in [1.165, 1.54) is 46.8 Å². The average Bonchev–Trinajstić information content (AvgIpc) is 2.83. The summed E-state index contributed by atoms with van der Waals surface area (Å²) in [5.74, 6) is -0.713. The Bertz CT molecular complexity index is 1200. The molecule has 194 valence electrons. The van der Waals surface area contributed by atoms with Crippen molar-refractivity contribution in [1.82, 2.24) is 14.9 Å². The molecule has 1 aliphatic rings. The number of hydrogen-bond acceptors (Lipinski definition) is 4. The molecular weight excluding hydrogens is 495 g/mol. The van der Waals surface area contributed by atoms with Crippen LogP contribution in [0.1, 0.15) is 41.3 Å². The third-order valence-corrected chi connectivity index (χ3v) is 8.08. The first-order valence-corrected chi connectivity index (χ1v) is 12.8. The number of nitrogens with zero attached hydrogens (tertiary/aromatic N) is 1. The molecule has 0 aliphatic carbocycles. The molecule has 1 heterocycles. The fraction of sp³-hybridized carbons (Fsp3) is 0.360. The van der Waals surface area contributed by atoms with Crippen molar-refractivity contribution in [3.63, 3.8) is 0 Å². The number of sulfonamides is 1. The molecule has 1 aliphatic heterocycles. The number of halogens is 3. The molecule has 0 aromatic heterocycles. The molecule has 0 spiro atoms. The summed E-state index contributed by atoms with van der Waals surface area (Å²) in [7, 11) is -3.79. The third-order valence-electron chi connectivity index (χ3n) is 6.05. The minimum atomic E-state index is -4.40. The second-order valence-corrected chi connectivity index (χ2v) is 10.5. The maximum atomic E-state index is 13.1. The Morgan fingerprint density at radius 2 is 1.75 bits per heavy atom. The number of carbonyl (C=O) groups is 2. The van der Waals surface area contributed by atoms with Gasteiger partial charge in [-0.15, -0.1) is 0 Å². The number of rotatable bonds is 8. The summed E-state index contributed by atoms with van der Waals surface area (Å²) in [6.45, 7) is 5.65. The lowest BCUT2D eigenvalue weighted by Gasteiger charge is -2.36. The van der Waals surface area contributed by atoms with E-state index in [9.17, 15) is 31.2 Å². The van der Waals surface area contributed by atoms with Crippen molar-refractivity contribution in [1.29, 1.82) is 0 Å². The second-order valence-electron chi connectivity index (χ2n) is 8.62. The van der Waals surface area contributed by atoms with E-state index >= 15 is 0 Å². The molecule has 1 fully saturated rings. The average molecular weight is 524 g/mol. The summed E-state index contributed by atoms with van der Waals surface area (Å²) in [5.41, 5.74) is 0.176. The Kier molecular flexibility index (Phi) is 8.57. The van der Waals surface area contributed by atoms with Crippen LogP contribution < -0.4 is 10.6 Å². The van der Waals surface area contributed by atoms with Crippen LogP contribution in [-0.2, 0) is 27.4 Å². The highest BCUT2D eigenvalue weighted by molar-refractivity contribution is 7.89. The Morgan fingerprint density at radius 3 is 2.31 bits per heavy atom. The highest BCUT2D eigenvalue weighted by atomic mass is 32.2. The summed E-state index contributed by atoms with van der Waals surface area (Å²) in [6.07, 6.45) is -1.93. The van der Waals surface area contributed by atoms with E-state index in [1.54, 1.807) is 6.92 Å². The van der Waals surface area contributed by atoms with E-state index in [1.807, 2.05) is 0 Å². The molecule has 2 unspecified atom stereocenters. The van der Waals surface area contributed by atoms with Gasteiger partial charge in [-0.3, -0.25) is 9.59 Å². The van der Waals surface area contributed by atoms with Crippen LogP contribution in [0.25, 0.3) is 0 Å². The summed E-state index contributed by atoms with van der Waals surface area (Å²) in [4.78, 5) is 24.0. The Morgan fingerprint density at radius 1 is 1.11 bits per heavy atom. The van der Waals surface area contributed by atoms with Gasteiger partial charge in [0.2, 0.25) is 15.9 Å². The van der Waals surface area contributed by atoms with Crippen LogP contribution in [0.15, 0.2) is 66.1 Å². The standard InChI is InChI=1S/C25H28F3N3O4S/c1-3-23(32)30-21-13-15-31(17(2)16-21)36(34,35)22-10-6-19(7-11-22)24(33)29-14-12-18-4-8-20(9-5-18)25(26,27)28/h3-11,17,21H,1,12-16H2,2H3,(H,29,33)(H,30,32). The quantitative estimate of drug-likeness (QED) is 0.518. The van der Waals surface area contributed by atoms with Crippen molar-refractivity contribution in [2.45, 2.75) is 49.3 Å². The fourth-order valence-corrected chi connectivity index (χ4v) is 5.75. The molecule has 2 aromatic rings. The van der Waals surface area contributed by atoms with Gasteiger partial charge in [-0.2, -0.15) is 17.5 Å². The Labute approximate surface area is 208 Å². The summed E-state index contributed by atoms with van der Waals surface area (Å²) in [6, 6.07) is 9.85. The molecular formula is C25H28F3N3O4S. The predicted molar refractivity (Wildman–Crippen MR) is 129 cm³/mol. The predicted octanol–water partition coefficient (Wildman–Crippen LogP) is 3.52. The van der Waals surface area contributed by atoms with Crippen LogP contribution in [0.5, 0.6) is 0 Å². The molecule has 11 heteroatoms. The van der Waals surface area contributed by atoms with Crippen LogP contribution in [-0.4, -0.2) is 49.7 Å². The van der Waals surface area contributed by atoms with Gasteiger partial charge in [0, 0.05) is 30.7 Å². The van der Waals surface area contributed by atoms with Gasteiger partial charge in [0.15, 0.2) is 0 Å². The molecule has 7 nitrogen and oxygen atoms in total. The van der Waals surface area contributed by atoms with E-state index in [0.29, 0.717) is 24.8 Å². The van der Waals surface area contributed by atoms with Crippen LogP contribution in [0, 0.1) is 0 Å². The van der Waals surface area contributed by atoms with E-state index in [-0.39, 0.29) is 41.5 Å². The molecule has 0 bridgehead atoms. The minimum Gasteiger partial charge on any atom is -0.352 e. The largest absolute Gasteiger partial charge is 0.416 e. The zero-order chi connectivity index (χ0) is 26.5. The molecule has 0 radical (unpaired) electrons. The normalized spacial score (nSPS) is 18.9. The minimum absolute atomic E-state index is 0.0595. The highest BCUT2D eigenvalue weighted by Crippen LogP contribution is 2.29. The SMILES string of the molecule is C=CC(=O)NC1CCN(S(=O)(=O)c2ccc(C(=O)NCCc3ccc(C(F)(F)F)cc3)cc2)C(C)C1. The topological polar surface area (TPSA) is 95.6 Å². The molecule has 2 amide bonds. The second kappa shape index (κ2) is 11.3. The van der Waals surface area contributed by atoms with E-state index in [2.05, 4.69) is 17.2 Å². The maximum Gasteiger partial charge on any atom is 0.416 e. The molecule has 2 N–H and O–H groups in total. The van der Waals surface area contributed by atoms with Crippen LogP contribution in [0.3, 0.4) is 0 Å². The zero-order valence-corrected chi connectivity index (χ0v) is 20.5. The van der Waals surface area contributed by atoms with E-state index < -0.39 is 27.7 Å². The lowest BCUT2D eigenvalue weighted by atomic mass is 10.0. The summed E-state index contributed by atoms with van der Waals surface area (Å²) >= 11 is 0. The van der Waals surface area contributed by atoms with E-state index in [4.69, 9.17) is 0 Å². The Hall–Kier alpha value is -3.18. The van der Waals surface area contributed by atoms with E-state index in [0.717, 1.165) is 12.1 Å². The Balaban J connectivity index is 1.55. The van der Waals surface area contributed by atoms with Gasteiger partial charge in [-0.05, 0) is 74.2 Å². The van der Waals surface area contributed by atoms with Crippen LogP contribution >= 0.6 is 0 Å². The van der Waals surface area contributed by atoms with Gasteiger partial charge in [0.05, 0.1) is 10.5 Å². The van der Waals surface area contributed by atoms with Crippen LogP contribution in [0.4, 0.5) is 13.2 Å². The summed E-state index contributed by atoms with van der Waals surface area (Å²) in [5, 5.41) is 5.48. The fourth-order valence-electron chi connectivity index (χ4n) is 4.10. The van der Waals surface area contributed by atoms with Crippen molar-refractivity contribution in [2.75, 3.05) is 13.1 Å². The molecule has 2 atom stereocenters. The van der Waals surface area contributed by atoms with Crippen molar-refractivity contribution in [2.24, 2.45) is 0 Å². The molecule has 36 heavy (non-hydrogen) atoms. The summed E-state index contributed by atoms with van der Waals surface area (Å²) < 4.78 is 65.6. The molecule has 3 rings (SSSR count). The molecule has 2 aromatic carbocycles. The number of piperidine rings is 1. The van der Waals surface area contributed by atoms with Crippen LogP contribution in [0.2, 0.25) is 0 Å². The third kappa shape index (κ3) is 6.73. The lowest BCUT2D eigenvalue weighted by molar-refractivity contribution is -0.137. The maximum absolute atomic E-state index is 13.1. The van der Waals surface area contributed by atoms with Gasteiger partial charge in [-0.25, -0.2) is 8.42 Å². The van der Waals surface area contributed by atoms with Gasteiger partial charge < -0.3 is 10.6 Å². The van der Waals surface area contributed by atoms with Gasteiger partial charge >= 0.3 is 6.18 Å². The zero-order valence-electron chi connectivity index (χ0n) is 19.7. The number of benzene rings is 2. The van der Waals surface area contributed by atoms with Gasteiger partial charge in [0.25, 0.3) is 5.91 Å². The molecule has 1 saturated heterocycles. The van der Waals surface area contributed by atoms with Gasteiger partial charge in [-0.1, -0.05) is 18.7 Å². The van der Waals surface area contributed by atoms with Gasteiger partial charge in [0.1, 0.15) is 0 Å². The highest BCUT2D eigenvalue weighted by Gasteiger charge is 2.35. The number of nitrogens with one attached hydrogen (secondary N) is 2. The van der Waals surface area contributed by atoms with Crippen molar-refractivity contribution in [3.05, 3.63) is 77.9 Å². The first kappa shape index (κ1) is 27.4. The first-order chi connectivity index (χ1) is 16.9. The first-order valence-electron chi connectivity index (χ1n) is 11.4. The monoisotopic (exact) mass is 523 g/mol. The number of alkyl halides is 3. The van der Waals surface area contributed by atoms with Crippen molar-refractivity contribution < 1.29 is 31.2 Å². The number of amides is 2. The van der Waals surface area contributed by atoms with Crippen molar-refractivity contribution >= 4 is 21.8 Å².